The van der Waals surface area contributed by atoms with E-state index in [1.54, 1.807) is 0 Å². The van der Waals surface area contributed by atoms with E-state index in [-0.39, 0.29) is 23.0 Å². The first-order chi connectivity index (χ1) is 9.85. The van der Waals surface area contributed by atoms with Crippen molar-refractivity contribution in [2.45, 2.75) is 43.3 Å². The van der Waals surface area contributed by atoms with E-state index in [0.29, 0.717) is 6.04 Å². The fourth-order valence-electron chi connectivity index (χ4n) is 2.67. The molecule has 1 saturated heterocycles. The van der Waals surface area contributed by atoms with Crippen LogP contribution in [0.1, 0.15) is 25.3 Å². The average molecular weight is 315 g/mol. The smallest absolute Gasteiger partial charge is 0.241 e. The molecule has 0 aliphatic carbocycles. The van der Waals surface area contributed by atoms with E-state index < -0.39 is 15.8 Å². The van der Waals surface area contributed by atoms with Gasteiger partial charge in [-0.25, -0.2) is 17.5 Å². The number of sulfonamides is 1. The highest BCUT2D eigenvalue weighted by molar-refractivity contribution is 7.89. The number of nitrogens with one attached hydrogen (secondary N) is 1. The number of benzene rings is 1. The number of nitrogens with two attached hydrogens (primary N) is 1. The van der Waals surface area contributed by atoms with Crippen molar-refractivity contribution < 1.29 is 12.8 Å². The first-order valence-corrected chi connectivity index (χ1v) is 8.53. The van der Waals surface area contributed by atoms with E-state index in [0.717, 1.165) is 19.4 Å². The van der Waals surface area contributed by atoms with Crippen LogP contribution in [-0.4, -0.2) is 39.0 Å². The first-order valence-electron chi connectivity index (χ1n) is 7.05. The molecule has 0 saturated carbocycles. The zero-order chi connectivity index (χ0) is 15.6. The highest BCUT2D eigenvalue weighted by Gasteiger charge is 2.28. The highest BCUT2D eigenvalue weighted by Crippen LogP contribution is 2.21. The second-order valence-corrected chi connectivity index (χ2v) is 7.28. The van der Waals surface area contributed by atoms with Crippen LogP contribution in [0.4, 0.5) is 4.39 Å². The predicted octanol–water partition coefficient (Wildman–Crippen LogP) is 1.05. The molecular formula is C14H22FN3O2S. The van der Waals surface area contributed by atoms with Gasteiger partial charge in [0.1, 0.15) is 5.82 Å². The maximum Gasteiger partial charge on any atom is 0.241 e. The lowest BCUT2D eigenvalue weighted by Gasteiger charge is -2.35. The van der Waals surface area contributed by atoms with E-state index >= 15 is 0 Å². The standard InChI is InChI=1S/C14H22FN3O2S/c1-10-8-11(6-7-18(10)2)17-21(19,20)14-5-3-4-13(15)12(14)9-16/h3-5,10-11,17H,6-9,16H2,1-2H3. The van der Waals surface area contributed by atoms with E-state index in [2.05, 4.69) is 16.5 Å². The van der Waals surface area contributed by atoms with Crippen molar-refractivity contribution >= 4 is 10.0 Å². The van der Waals surface area contributed by atoms with Crippen LogP contribution in [0.15, 0.2) is 23.1 Å². The maximum absolute atomic E-state index is 13.7. The number of hydrogen-bond donors (Lipinski definition) is 2. The van der Waals surface area contributed by atoms with Crippen LogP contribution in [0.25, 0.3) is 0 Å². The summed E-state index contributed by atoms with van der Waals surface area (Å²) in [6.45, 7) is 2.75. The number of hydrogen-bond acceptors (Lipinski definition) is 4. The van der Waals surface area contributed by atoms with Crippen LogP contribution in [0.3, 0.4) is 0 Å². The predicted molar refractivity (Wildman–Crippen MR) is 79.7 cm³/mol. The molecule has 1 heterocycles. The lowest BCUT2D eigenvalue weighted by Crippen LogP contribution is -2.47. The molecule has 1 fully saturated rings. The molecule has 0 spiro atoms. The van der Waals surface area contributed by atoms with Gasteiger partial charge in [0.05, 0.1) is 4.90 Å². The minimum absolute atomic E-state index is 0.0333. The normalized spacial score (nSPS) is 24.2. The molecule has 1 aliphatic heterocycles. The second-order valence-electron chi connectivity index (χ2n) is 5.59. The van der Waals surface area contributed by atoms with Crippen LogP contribution in [-0.2, 0) is 16.6 Å². The summed E-state index contributed by atoms with van der Waals surface area (Å²) >= 11 is 0. The van der Waals surface area contributed by atoms with Gasteiger partial charge in [-0.15, -0.1) is 0 Å². The van der Waals surface area contributed by atoms with Gasteiger partial charge in [0.15, 0.2) is 0 Å². The molecule has 21 heavy (non-hydrogen) atoms. The van der Waals surface area contributed by atoms with E-state index in [1.165, 1.54) is 18.2 Å². The Bertz CT molecular complexity index is 606. The summed E-state index contributed by atoms with van der Waals surface area (Å²) in [5, 5.41) is 0. The Labute approximate surface area is 125 Å². The third-order valence-electron chi connectivity index (χ3n) is 4.10. The first kappa shape index (κ1) is 16.4. The molecule has 1 aromatic rings. The van der Waals surface area contributed by atoms with Crippen molar-refractivity contribution in [2.75, 3.05) is 13.6 Å². The third kappa shape index (κ3) is 3.60. The van der Waals surface area contributed by atoms with Gasteiger partial charge in [0.25, 0.3) is 0 Å². The zero-order valence-corrected chi connectivity index (χ0v) is 13.2. The fourth-order valence-corrected chi connectivity index (χ4v) is 4.21. The molecule has 7 heteroatoms. The number of nitrogens with zero attached hydrogens (tertiary/aromatic N) is 1. The van der Waals surface area contributed by atoms with Crippen LogP contribution >= 0.6 is 0 Å². The van der Waals surface area contributed by atoms with Crippen molar-refractivity contribution in [3.05, 3.63) is 29.6 Å². The number of likely N-dealkylation sites (tertiary alicyclic amines) is 1. The van der Waals surface area contributed by atoms with Crippen LogP contribution in [0, 0.1) is 5.82 Å². The summed E-state index contributed by atoms with van der Waals surface area (Å²) in [7, 11) is -1.73. The van der Waals surface area contributed by atoms with Crippen LogP contribution < -0.4 is 10.5 Å². The van der Waals surface area contributed by atoms with Crippen LogP contribution in [0.2, 0.25) is 0 Å². The van der Waals surface area contributed by atoms with Gasteiger partial charge < -0.3 is 10.6 Å². The Morgan fingerprint density at radius 3 is 2.81 bits per heavy atom. The number of rotatable bonds is 4. The molecule has 0 bridgehead atoms. The molecule has 118 valence electrons. The molecule has 2 atom stereocenters. The Morgan fingerprint density at radius 1 is 1.48 bits per heavy atom. The molecule has 5 nitrogen and oxygen atoms in total. The summed E-state index contributed by atoms with van der Waals surface area (Å²) in [5.74, 6) is -0.586. The molecular weight excluding hydrogens is 293 g/mol. The average Bonchev–Trinajstić information content (AvgIpc) is 2.42. The van der Waals surface area contributed by atoms with Crippen molar-refractivity contribution in [3.63, 3.8) is 0 Å². The highest BCUT2D eigenvalue weighted by atomic mass is 32.2. The van der Waals surface area contributed by atoms with Crippen molar-refractivity contribution in [1.82, 2.24) is 9.62 Å². The molecule has 3 N–H and O–H groups in total. The van der Waals surface area contributed by atoms with Gasteiger partial charge in [-0.3, -0.25) is 0 Å². The second kappa shape index (κ2) is 6.39. The SMILES string of the molecule is CC1CC(NS(=O)(=O)c2cccc(F)c2CN)CCN1C. The van der Waals surface area contributed by atoms with Crippen molar-refractivity contribution in [2.24, 2.45) is 5.73 Å². The monoisotopic (exact) mass is 315 g/mol. The van der Waals surface area contributed by atoms with Gasteiger partial charge in [-0.1, -0.05) is 6.07 Å². The van der Waals surface area contributed by atoms with Gasteiger partial charge >= 0.3 is 0 Å². The van der Waals surface area contributed by atoms with Gasteiger partial charge in [0, 0.05) is 24.2 Å². The summed E-state index contributed by atoms with van der Waals surface area (Å²) in [4.78, 5) is 2.13. The largest absolute Gasteiger partial charge is 0.326 e. The van der Waals surface area contributed by atoms with Crippen LogP contribution in [0.5, 0.6) is 0 Å². The molecule has 1 aliphatic rings. The lowest BCUT2D eigenvalue weighted by molar-refractivity contribution is 0.178. The van der Waals surface area contributed by atoms with E-state index in [1.807, 2.05) is 7.05 Å². The summed E-state index contributed by atoms with van der Waals surface area (Å²) in [6.07, 6.45) is 1.48. The van der Waals surface area contributed by atoms with Gasteiger partial charge in [-0.05, 0) is 45.5 Å². The Morgan fingerprint density at radius 2 is 2.19 bits per heavy atom. The molecule has 1 aromatic carbocycles. The quantitative estimate of drug-likeness (QED) is 0.871. The molecule has 0 aromatic heterocycles. The lowest BCUT2D eigenvalue weighted by atomic mass is 10.0. The topological polar surface area (TPSA) is 75.4 Å². The molecule has 2 unspecified atom stereocenters. The summed E-state index contributed by atoms with van der Waals surface area (Å²) in [6, 6.07) is 4.19. The summed E-state index contributed by atoms with van der Waals surface area (Å²) < 4.78 is 41.3. The third-order valence-corrected chi connectivity index (χ3v) is 5.70. The van der Waals surface area contributed by atoms with Crippen molar-refractivity contribution in [3.8, 4) is 0 Å². The number of piperidine rings is 1. The number of halogens is 1. The molecule has 2 rings (SSSR count). The maximum atomic E-state index is 13.7. The molecule has 0 amide bonds. The Hall–Kier alpha value is -1.02. The zero-order valence-electron chi connectivity index (χ0n) is 12.3. The van der Waals surface area contributed by atoms with Crippen molar-refractivity contribution in [1.29, 1.82) is 0 Å². The Balaban J connectivity index is 2.21. The van der Waals surface area contributed by atoms with Gasteiger partial charge in [0.2, 0.25) is 10.0 Å². The fraction of sp³-hybridized carbons (Fsp3) is 0.571. The van der Waals surface area contributed by atoms with Gasteiger partial charge in [-0.2, -0.15) is 0 Å². The minimum atomic E-state index is -3.75. The minimum Gasteiger partial charge on any atom is -0.326 e. The molecule has 0 radical (unpaired) electrons. The van der Waals surface area contributed by atoms with E-state index in [9.17, 15) is 12.8 Å². The van der Waals surface area contributed by atoms with E-state index in [4.69, 9.17) is 5.73 Å². The summed E-state index contributed by atoms with van der Waals surface area (Å²) in [5.41, 5.74) is 5.52. The Kier molecular flexibility index (Phi) is 4.98.